The van der Waals surface area contributed by atoms with Gasteiger partial charge in [-0.3, -0.25) is 0 Å². The van der Waals surface area contributed by atoms with E-state index in [1.807, 2.05) is 24.5 Å². The molecule has 0 spiro atoms. The van der Waals surface area contributed by atoms with Crippen molar-refractivity contribution in [3.8, 4) is 11.4 Å². The molecule has 0 aliphatic heterocycles. The second-order valence-electron chi connectivity index (χ2n) is 6.65. The highest BCUT2D eigenvalue weighted by Crippen LogP contribution is 2.17. The first-order valence-corrected chi connectivity index (χ1v) is 9.83. The highest BCUT2D eigenvalue weighted by atomic mass is 16.5. The van der Waals surface area contributed by atoms with Crippen LogP contribution in [0.1, 0.15) is 74.7 Å². The Morgan fingerprint density at radius 3 is 2.19 bits per heavy atom. The van der Waals surface area contributed by atoms with Crippen molar-refractivity contribution in [2.45, 2.75) is 65.2 Å². The fourth-order valence-corrected chi connectivity index (χ4v) is 2.74. The van der Waals surface area contributed by atoms with Gasteiger partial charge in [-0.2, -0.15) is 0 Å². The molecule has 0 saturated carbocycles. The first-order chi connectivity index (χ1) is 12.7. The molecule has 0 atom stereocenters. The summed E-state index contributed by atoms with van der Waals surface area (Å²) >= 11 is 0. The van der Waals surface area contributed by atoms with E-state index < -0.39 is 0 Å². The summed E-state index contributed by atoms with van der Waals surface area (Å²) in [6, 6.07) is 7.30. The van der Waals surface area contributed by atoms with E-state index in [1.54, 1.807) is 12.1 Å². The van der Waals surface area contributed by atoms with Gasteiger partial charge in [-0.25, -0.2) is 14.8 Å². The van der Waals surface area contributed by atoms with Crippen molar-refractivity contribution in [1.29, 1.82) is 0 Å². The number of carbonyl (C=O) groups is 1. The maximum absolute atomic E-state index is 12.0. The van der Waals surface area contributed by atoms with Crippen molar-refractivity contribution in [1.82, 2.24) is 9.97 Å². The highest BCUT2D eigenvalue weighted by Gasteiger charge is 2.08. The van der Waals surface area contributed by atoms with E-state index in [4.69, 9.17) is 4.74 Å². The van der Waals surface area contributed by atoms with Gasteiger partial charge in [-0.15, -0.1) is 0 Å². The van der Waals surface area contributed by atoms with E-state index in [-0.39, 0.29) is 5.97 Å². The molecule has 0 aliphatic carbocycles. The third kappa shape index (κ3) is 6.58. The molecule has 0 unspecified atom stereocenters. The van der Waals surface area contributed by atoms with Crippen LogP contribution in [-0.4, -0.2) is 22.5 Å². The summed E-state index contributed by atoms with van der Waals surface area (Å²) in [5, 5.41) is 0. The lowest BCUT2D eigenvalue weighted by Crippen LogP contribution is -2.06. The van der Waals surface area contributed by atoms with Gasteiger partial charge in [0.2, 0.25) is 0 Å². The largest absolute Gasteiger partial charge is 0.462 e. The van der Waals surface area contributed by atoms with E-state index in [9.17, 15) is 4.79 Å². The smallest absolute Gasteiger partial charge is 0.338 e. The summed E-state index contributed by atoms with van der Waals surface area (Å²) in [5.74, 6) is 0.418. The number of carbonyl (C=O) groups excluding carboxylic acids is 1. The average molecular weight is 354 g/mol. The van der Waals surface area contributed by atoms with Crippen LogP contribution in [0.25, 0.3) is 11.4 Å². The number of hydrogen-bond donors (Lipinski definition) is 0. The zero-order chi connectivity index (χ0) is 18.6. The number of nitrogens with zero attached hydrogens (tertiary/aromatic N) is 2. The lowest BCUT2D eigenvalue weighted by molar-refractivity contribution is 0.0498. The molecule has 0 saturated heterocycles. The third-order valence-electron chi connectivity index (χ3n) is 4.38. The minimum absolute atomic E-state index is 0.268. The Balaban J connectivity index is 1.88. The monoisotopic (exact) mass is 354 g/mol. The Morgan fingerprint density at radius 1 is 0.885 bits per heavy atom. The van der Waals surface area contributed by atoms with Gasteiger partial charge in [0.1, 0.15) is 0 Å². The fraction of sp³-hybridized carbons (Fsp3) is 0.500. The van der Waals surface area contributed by atoms with Crippen LogP contribution in [0.4, 0.5) is 0 Å². The van der Waals surface area contributed by atoms with E-state index >= 15 is 0 Å². The topological polar surface area (TPSA) is 52.1 Å². The number of unbranched alkanes of at least 4 members (excludes halogenated alkanes) is 5. The average Bonchev–Trinajstić information content (AvgIpc) is 2.69. The molecule has 4 heteroatoms. The van der Waals surface area contributed by atoms with Crippen LogP contribution in [0.5, 0.6) is 0 Å². The van der Waals surface area contributed by atoms with Crippen LogP contribution in [0, 0.1) is 0 Å². The molecule has 0 radical (unpaired) electrons. The fourth-order valence-electron chi connectivity index (χ4n) is 2.74. The Kier molecular flexibility index (Phi) is 8.81. The van der Waals surface area contributed by atoms with Crippen LogP contribution < -0.4 is 0 Å². The van der Waals surface area contributed by atoms with Crippen molar-refractivity contribution >= 4 is 5.97 Å². The molecule has 1 aromatic carbocycles. The number of aromatic nitrogens is 2. The summed E-state index contributed by atoms with van der Waals surface area (Å²) in [4.78, 5) is 20.9. The highest BCUT2D eigenvalue weighted by molar-refractivity contribution is 5.89. The Bertz CT molecular complexity index is 651. The zero-order valence-corrected chi connectivity index (χ0v) is 16.0. The molecule has 140 valence electrons. The summed E-state index contributed by atoms with van der Waals surface area (Å²) in [5.41, 5.74) is 2.65. The molecule has 0 aliphatic rings. The number of esters is 1. The molecule has 26 heavy (non-hydrogen) atoms. The number of ether oxygens (including phenoxy) is 1. The number of aryl methyl sites for hydroxylation is 1. The van der Waals surface area contributed by atoms with Gasteiger partial charge in [0, 0.05) is 18.0 Å². The number of benzene rings is 1. The molecule has 0 amide bonds. The van der Waals surface area contributed by atoms with Crippen LogP contribution in [0.3, 0.4) is 0 Å². The second-order valence-corrected chi connectivity index (χ2v) is 6.65. The van der Waals surface area contributed by atoms with Crippen molar-refractivity contribution in [3.63, 3.8) is 0 Å². The summed E-state index contributed by atoms with van der Waals surface area (Å²) in [6.45, 7) is 4.83. The van der Waals surface area contributed by atoms with Gasteiger partial charge in [-0.1, -0.05) is 58.1 Å². The molecule has 1 heterocycles. The standard InChI is InChI=1S/C22H30N2O2/c1-3-5-7-8-10-18-16-23-21(24-17-18)19-11-13-20(14-12-19)22(25)26-15-9-6-4-2/h11-14,16-17H,3-10,15H2,1-2H3. The molecule has 0 bridgehead atoms. The Labute approximate surface area is 157 Å². The summed E-state index contributed by atoms with van der Waals surface area (Å²) < 4.78 is 5.28. The zero-order valence-electron chi connectivity index (χ0n) is 16.0. The van der Waals surface area contributed by atoms with E-state index in [1.165, 1.54) is 31.2 Å². The van der Waals surface area contributed by atoms with Gasteiger partial charge in [0.05, 0.1) is 12.2 Å². The summed E-state index contributed by atoms with van der Waals surface area (Å²) in [6.07, 6.45) is 12.9. The van der Waals surface area contributed by atoms with E-state index in [0.29, 0.717) is 18.0 Å². The predicted molar refractivity (Wildman–Crippen MR) is 105 cm³/mol. The van der Waals surface area contributed by atoms with Gasteiger partial charge in [-0.05, 0) is 37.0 Å². The van der Waals surface area contributed by atoms with Gasteiger partial charge >= 0.3 is 5.97 Å². The van der Waals surface area contributed by atoms with E-state index in [2.05, 4.69) is 23.8 Å². The molecule has 0 fully saturated rings. The molecule has 2 rings (SSSR count). The molecule has 1 aromatic heterocycles. The molecule has 2 aromatic rings. The van der Waals surface area contributed by atoms with Crippen molar-refractivity contribution in [2.24, 2.45) is 0 Å². The molecular weight excluding hydrogens is 324 g/mol. The lowest BCUT2D eigenvalue weighted by Gasteiger charge is -2.06. The van der Waals surface area contributed by atoms with Crippen LogP contribution >= 0.6 is 0 Å². The molecule has 0 N–H and O–H groups in total. The predicted octanol–water partition coefficient (Wildman–Crippen LogP) is 5.61. The maximum Gasteiger partial charge on any atom is 0.338 e. The Morgan fingerprint density at radius 2 is 1.54 bits per heavy atom. The molecule has 4 nitrogen and oxygen atoms in total. The minimum Gasteiger partial charge on any atom is -0.462 e. The van der Waals surface area contributed by atoms with Crippen LogP contribution in [0.2, 0.25) is 0 Å². The lowest BCUT2D eigenvalue weighted by atomic mass is 10.1. The normalized spacial score (nSPS) is 10.7. The quantitative estimate of drug-likeness (QED) is 0.388. The van der Waals surface area contributed by atoms with Crippen molar-refractivity contribution in [3.05, 3.63) is 47.8 Å². The number of hydrogen-bond acceptors (Lipinski definition) is 4. The first-order valence-electron chi connectivity index (χ1n) is 9.83. The maximum atomic E-state index is 12.0. The number of rotatable bonds is 11. The Hall–Kier alpha value is -2.23. The van der Waals surface area contributed by atoms with Gasteiger partial charge in [0.15, 0.2) is 5.82 Å². The van der Waals surface area contributed by atoms with Crippen molar-refractivity contribution in [2.75, 3.05) is 6.61 Å². The minimum atomic E-state index is -0.268. The SMILES string of the molecule is CCCCCCc1cnc(-c2ccc(C(=O)OCCCCC)cc2)nc1. The third-order valence-corrected chi connectivity index (χ3v) is 4.38. The van der Waals surface area contributed by atoms with Crippen molar-refractivity contribution < 1.29 is 9.53 Å². The van der Waals surface area contributed by atoms with E-state index in [0.717, 1.165) is 31.2 Å². The second kappa shape index (κ2) is 11.4. The summed E-state index contributed by atoms with van der Waals surface area (Å²) in [7, 11) is 0. The van der Waals surface area contributed by atoms with Crippen LogP contribution in [-0.2, 0) is 11.2 Å². The van der Waals surface area contributed by atoms with Crippen LogP contribution in [0.15, 0.2) is 36.7 Å². The van der Waals surface area contributed by atoms with Gasteiger partial charge < -0.3 is 4.74 Å². The first kappa shape index (κ1) is 20.1. The molecular formula is C22H30N2O2. The van der Waals surface area contributed by atoms with Gasteiger partial charge in [0.25, 0.3) is 0 Å².